The van der Waals surface area contributed by atoms with Crippen molar-refractivity contribution in [3.63, 3.8) is 0 Å². The Bertz CT molecular complexity index is 977. The highest BCUT2D eigenvalue weighted by Crippen LogP contribution is 2.34. The summed E-state index contributed by atoms with van der Waals surface area (Å²) >= 11 is 0. The van der Waals surface area contributed by atoms with Gasteiger partial charge >= 0.3 is 0 Å². The first-order chi connectivity index (χ1) is 13.2. The van der Waals surface area contributed by atoms with E-state index < -0.39 is 5.91 Å². The molecule has 0 bridgehead atoms. The maximum Gasteiger partial charge on any atom is 0.277 e. The van der Waals surface area contributed by atoms with Crippen LogP contribution in [0.3, 0.4) is 0 Å². The fraction of sp³-hybridized carbons (Fsp3) is 0.211. The summed E-state index contributed by atoms with van der Waals surface area (Å²) < 4.78 is 15.7. The second-order valence-electron chi connectivity index (χ2n) is 6.04. The number of nitrogens with zero attached hydrogens (tertiary/aromatic N) is 2. The molecule has 1 aromatic carbocycles. The van der Waals surface area contributed by atoms with E-state index in [2.05, 4.69) is 10.5 Å². The van der Waals surface area contributed by atoms with Gasteiger partial charge in [0, 0.05) is 24.7 Å². The van der Waals surface area contributed by atoms with E-state index in [1.165, 1.54) is 12.3 Å². The maximum absolute atomic E-state index is 12.5. The van der Waals surface area contributed by atoms with Crippen LogP contribution in [-0.2, 0) is 4.79 Å². The predicted octanol–water partition coefficient (Wildman–Crippen LogP) is 3.32. The predicted molar refractivity (Wildman–Crippen MR) is 96.7 cm³/mol. The van der Waals surface area contributed by atoms with Gasteiger partial charge in [-0.05, 0) is 36.8 Å². The number of nitrogens with one attached hydrogen (secondary N) is 1. The van der Waals surface area contributed by atoms with Crippen LogP contribution in [0.25, 0.3) is 11.5 Å². The Labute approximate surface area is 154 Å². The van der Waals surface area contributed by atoms with Crippen molar-refractivity contribution in [2.75, 3.05) is 23.9 Å². The Morgan fingerprint density at radius 1 is 1.26 bits per heavy atom. The van der Waals surface area contributed by atoms with Gasteiger partial charge in [-0.15, -0.1) is 0 Å². The number of amides is 2. The summed E-state index contributed by atoms with van der Waals surface area (Å²) in [6.07, 6.45) is 2.82. The summed E-state index contributed by atoms with van der Waals surface area (Å²) in [5.41, 5.74) is 1.28. The molecule has 1 aliphatic heterocycles. The molecule has 2 amide bonds. The largest absolute Gasteiger partial charge is 0.495 e. The van der Waals surface area contributed by atoms with E-state index in [-0.39, 0.29) is 11.6 Å². The van der Waals surface area contributed by atoms with Crippen LogP contribution in [0, 0.1) is 0 Å². The average molecular weight is 367 g/mol. The molecular formula is C19H17N3O5. The van der Waals surface area contributed by atoms with Gasteiger partial charge in [-0.1, -0.05) is 5.16 Å². The molecule has 1 saturated heterocycles. The number of carbonyl (C=O) groups excluding carboxylic acids is 2. The summed E-state index contributed by atoms with van der Waals surface area (Å²) in [6.45, 7) is 0.627. The third-order valence-electron chi connectivity index (χ3n) is 4.31. The van der Waals surface area contributed by atoms with E-state index in [1.54, 1.807) is 42.3 Å². The quantitative estimate of drug-likeness (QED) is 0.743. The van der Waals surface area contributed by atoms with Crippen molar-refractivity contribution in [1.82, 2.24) is 5.16 Å². The maximum atomic E-state index is 12.5. The van der Waals surface area contributed by atoms with Crippen molar-refractivity contribution in [2.45, 2.75) is 12.8 Å². The molecule has 8 heteroatoms. The summed E-state index contributed by atoms with van der Waals surface area (Å²) in [7, 11) is 1.54. The van der Waals surface area contributed by atoms with E-state index in [0.717, 1.165) is 6.42 Å². The Morgan fingerprint density at radius 2 is 2.15 bits per heavy atom. The van der Waals surface area contributed by atoms with Crippen LogP contribution in [0.2, 0.25) is 0 Å². The zero-order valence-electron chi connectivity index (χ0n) is 14.6. The number of aromatic nitrogens is 1. The minimum atomic E-state index is -0.430. The Kier molecular flexibility index (Phi) is 4.37. The molecule has 27 heavy (non-hydrogen) atoms. The van der Waals surface area contributed by atoms with E-state index in [9.17, 15) is 9.59 Å². The highest BCUT2D eigenvalue weighted by atomic mass is 16.5. The Balaban J connectivity index is 1.55. The highest BCUT2D eigenvalue weighted by Gasteiger charge is 2.25. The SMILES string of the molecule is COc1ccc(NC(=O)c2cc(-c3ccco3)on2)cc1N1CCCC1=O. The van der Waals surface area contributed by atoms with Crippen molar-refractivity contribution in [2.24, 2.45) is 0 Å². The standard InChI is InChI=1S/C19H17N3O5/c1-25-15-7-6-12(10-14(15)22-8-2-5-18(22)23)20-19(24)13-11-17(27-21-13)16-4-3-9-26-16/h3-4,6-7,9-11H,2,5,8H2,1H3,(H,20,24). The first-order valence-corrected chi connectivity index (χ1v) is 8.46. The first-order valence-electron chi connectivity index (χ1n) is 8.46. The van der Waals surface area contributed by atoms with Gasteiger partial charge in [0.15, 0.2) is 11.5 Å². The molecular weight excluding hydrogens is 350 g/mol. The van der Waals surface area contributed by atoms with Gasteiger partial charge < -0.3 is 23.9 Å². The summed E-state index contributed by atoms with van der Waals surface area (Å²) in [5, 5.41) is 6.54. The molecule has 138 valence electrons. The van der Waals surface area contributed by atoms with Crippen LogP contribution in [0.5, 0.6) is 5.75 Å². The molecule has 1 fully saturated rings. The number of carbonyl (C=O) groups is 2. The van der Waals surface area contributed by atoms with Gasteiger partial charge in [0.2, 0.25) is 11.7 Å². The molecule has 3 heterocycles. The summed E-state index contributed by atoms with van der Waals surface area (Å²) in [6, 6.07) is 10.1. The molecule has 0 saturated carbocycles. The van der Waals surface area contributed by atoms with E-state index in [4.69, 9.17) is 13.7 Å². The van der Waals surface area contributed by atoms with Crippen molar-refractivity contribution < 1.29 is 23.3 Å². The molecule has 0 unspecified atom stereocenters. The van der Waals surface area contributed by atoms with E-state index in [0.29, 0.717) is 41.6 Å². The zero-order valence-corrected chi connectivity index (χ0v) is 14.6. The molecule has 4 rings (SSSR count). The number of hydrogen-bond acceptors (Lipinski definition) is 6. The number of hydrogen-bond donors (Lipinski definition) is 1. The summed E-state index contributed by atoms with van der Waals surface area (Å²) in [5.74, 6) is 1.03. The monoisotopic (exact) mass is 367 g/mol. The van der Waals surface area contributed by atoms with E-state index >= 15 is 0 Å². The second kappa shape index (κ2) is 6.99. The lowest BCUT2D eigenvalue weighted by atomic mass is 10.2. The van der Waals surface area contributed by atoms with Crippen LogP contribution in [0.4, 0.5) is 11.4 Å². The second-order valence-corrected chi connectivity index (χ2v) is 6.04. The van der Waals surface area contributed by atoms with Gasteiger partial charge in [0.1, 0.15) is 5.75 Å². The smallest absolute Gasteiger partial charge is 0.277 e. The molecule has 1 aliphatic rings. The minimum Gasteiger partial charge on any atom is -0.495 e. The van der Waals surface area contributed by atoms with Crippen LogP contribution in [0.15, 0.2) is 51.6 Å². The lowest BCUT2D eigenvalue weighted by molar-refractivity contribution is -0.117. The Hall–Kier alpha value is -3.55. The number of furan rings is 1. The topological polar surface area (TPSA) is 97.8 Å². The molecule has 3 aromatic rings. The van der Waals surface area contributed by atoms with Gasteiger partial charge in [-0.3, -0.25) is 9.59 Å². The van der Waals surface area contributed by atoms with Crippen molar-refractivity contribution in [3.05, 3.63) is 48.4 Å². The summed E-state index contributed by atoms with van der Waals surface area (Å²) in [4.78, 5) is 26.2. The number of ether oxygens (including phenoxy) is 1. The van der Waals surface area contributed by atoms with Crippen molar-refractivity contribution in [1.29, 1.82) is 0 Å². The lowest BCUT2D eigenvalue weighted by Crippen LogP contribution is -2.24. The van der Waals surface area contributed by atoms with Gasteiger partial charge in [0.25, 0.3) is 5.91 Å². The van der Waals surface area contributed by atoms with Crippen LogP contribution in [-0.4, -0.2) is 30.6 Å². The van der Waals surface area contributed by atoms with Gasteiger partial charge in [-0.25, -0.2) is 0 Å². The fourth-order valence-electron chi connectivity index (χ4n) is 2.99. The van der Waals surface area contributed by atoms with Crippen LogP contribution >= 0.6 is 0 Å². The van der Waals surface area contributed by atoms with Gasteiger partial charge in [-0.2, -0.15) is 0 Å². The van der Waals surface area contributed by atoms with Crippen LogP contribution < -0.4 is 15.0 Å². The molecule has 0 aliphatic carbocycles. The third-order valence-corrected chi connectivity index (χ3v) is 4.31. The molecule has 0 radical (unpaired) electrons. The molecule has 0 atom stereocenters. The van der Waals surface area contributed by atoms with E-state index in [1.807, 2.05) is 0 Å². The molecule has 1 N–H and O–H groups in total. The Morgan fingerprint density at radius 3 is 2.85 bits per heavy atom. The fourth-order valence-corrected chi connectivity index (χ4v) is 2.99. The van der Waals surface area contributed by atoms with Crippen molar-refractivity contribution in [3.8, 4) is 17.3 Å². The molecule has 0 spiro atoms. The van der Waals surface area contributed by atoms with Gasteiger partial charge in [0.05, 0.1) is 19.1 Å². The minimum absolute atomic E-state index is 0.0383. The van der Waals surface area contributed by atoms with Crippen molar-refractivity contribution >= 4 is 23.2 Å². The molecule has 8 nitrogen and oxygen atoms in total. The molecule has 2 aromatic heterocycles. The lowest BCUT2D eigenvalue weighted by Gasteiger charge is -2.20. The number of anilines is 2. The number of rotatable bonds is 5. The third kappa shape index (κ3) is 3.29. The average Bonchev–Trinajstić information content (AvgIpc) is 3.42. The normalized spacial score (nSPS) is 13.8. The number of methoxy groups -OCH3 is 1. The highest BCUT2D eigenvalue weighted by molar-refractivity contribution is 6.04. The first kappa shape index (κ1) is 16.9. The van der Waals surface area contributed by atoms with Crippen LogP contribution in [0.1, 0.15) is 23.3 Å². The number of benzene rings is 1. The zero-order chi connectivity index (χ0) is 18.8.